The topological polar surface area (TPSA) is 98.3 Å². The first-order valence-corrected chi connectivity index (χ1v) is 5.53. The maximum absolute atomic E-state index is 11.9. The van der Waals surface area contributed by atoms with Gasteiger partial charge < -0.3 is 11.1 Å². The summed E-state index contributed by atoms with van der Waals surface area (Å²) >= 11 is 0. The largest absolute Gasteiger partial charge is 0.350 e. The normalized spacial score (nSPS) is 10.5. The quantitative estimate of drug-likeness (QED) is 0.651. The molecule has 0 bridgehead atoms. The molecule has 0 saturated heterocycles. The molecule has 7 heteroatoms. The molecule has 106 valence electrons. The van der Waals surface area contributed by atoms with Gasteiger partial charge in [-0.15, -0.1) is 12.4 Å². The van der Waals surface area contributed by atoms with Crippen LogP contribution in [-0.2, 0) is 0 Å². The van der Waals surface area contributed by atoms with Crippen molar-refractivity contribution in [3.8, 4) is 0 Å². The van der Waals surface area contributed by atoms with E-state index in [1.807, 2.05) is 0 Å². The monoisotopic (exact) mass is 287 g/mol. The number of nitro benzene ring substituents is 1. The highest BCUT2D eigenvalue weighted by molar-refractivity contribution is 5.98. The number of hydrogen-bond donors (Lipinski definition) is 2. The number of benzene rings is 1. The van der Waals surface area contributed by atoms with E-state index in [1.165, 1.54) is 12.1 Å². The zero-order valence-corrected chi connectivity index (χ0v) is 11.9. The second kappa shape index (κ2) is 6.49. The summed E-state index contributed by atoms with van der Waals surface area (Å²) in [5, 5.41) is 13.4. The molecule has 0 aromatic heterocycles. The lowest BCUT2D eigenvalue weighted by Gasteiger charge is -2.18. The average Bonchev–Trinajstić information content (AvgIpc) is 2.24. The average molecular weight is 288 g/mol. The highest BCUT2D eigenvalue weighted by Crippen LogP contribution is 2.19. The van der Waals surface area contributed by atoms with Gasteiger partial charge in [0.05, 0.1) is 4.92 Å². The molecule has 0 aliphatic carbocycles. The van der Waals surface area contributed by atoms with Gasteiger partial charge in [-0.25, -0.2) is 0 Å². The molecule has 1 aromatic carbocycles. The summed E-state index contributed by atoms with van der Waals surface area (Å²) in [6, 6.07) is 4.43. The molecule has 19 heavy (non-hydrogen) atoms. The van der Waals surface area contributed by atoms with E-state index in [0.29, 0.717) is 0 Å². The number of nitro groups is 1. The van der Waals surface area contributed by atoms with E-state index in [4.69, 9.17) is 5.73 Å². The maximum Gasteiger partial charge on any atom is 0.282 e. The van der Waals surface area contributed by atoms with Crippen LogP contribution in [0.1, 0.15) is 29.8 Å². The molecule has 0 radical (unpaired) electrons. The van der Waals surface area contributed by atoms with Gasteiger partial charge in [0.1, 0.15) is 5.56 Å². The number of hydrogen-bond acceptors (Lipinski definition) is 4. The van der Waals surface area contributed by atoms with Gasteiger partial charge in [-0.2, -0.15) is 0 Å². The molecule has 0 unspecified atom stereocenters. The molecule has 6 nitrogen and oxygen atoms in total. The number of carbonyl (C=O) groups excluding carboxylic acids is 1. The van der Waals surface area contributed by atoms with Gasteiger partial charge in [0.15, 0.2) is 0 Å². The summed E-state index contributed by atoms with van der Waals surface area (Å²) in [5.41, 5.74) is 5.83. The molecule has 0 atom stereocenters. The second-order valence-electron chi connectivity index (χ2n) is 4.95. The van der Waals surface area contributed by atoms with Crippen LogP contribution in [0, 0.1) is 17.0 Å². The standard InChI is InChI=1S/C12H17N3O3.ClH/c1-8-4-5-10(15(17)18)9(6-8)11(16)14-7-12(2,3)13;/h4-6H,7,13H2,1-3H3,(H,14,16);1H. The summed E-state index contributed by atoms with van der Waals surface area (Å²) in [6.07, 6.45) is 0. The fourth-order valence-electron chi connectivity index (χ4n) is 1.39. The van der Waals surface area contributed by atoms with Crippen LogP contribution < -0.4 is 11.1 Å². The molecule has 0 spiro atoms. The first-order chi connectivity index (χ1) is 8.20. The number of carbonyl (C=O) groups is 1. The molecule has 0 heterocycles. The SMILES string of the molecule is Cc1ccc([N+](=O)[O-])c(C(=O)NCC(C)(C)N)c1.Cl. The van der Waals surface area contributed by atoms with Crippen molar-refractivity contribution in [1.82, 2.24) is 5.32 Å². The minimum Gasteiger partial charge on any atom is -0.350 e. The first-order valence-electron chi connectivity index (χ1n) is 5.53. The van der Waals surface area contributed by atoms with Gasteiger partial charge in [-0.1, -0.05) is 6.07 Å². The summed E-state index contributed by atoms with van der Waals surface area (Å²) in [7, 11) is 0. The fourth-order valence-corrected chi connectivity index (χ4v) is 1.39. The molecule has 1 amide bonds. The van der Waals surface area contributed by atoms with E-state index in [1.54, 1.807) is 26.8 Å². The van der Waals surface area contributed by atoms with E-state index >= 15 is 0 Å². The number of nitrogens with two attached hydrogens (primary N) is 1. The Balaban J connectivity index is 0.00000324. The second-order valence-corrected chi connectivity index (χ2v) is 4.95. The number of aryl methyl sites for hydroxylation is 1. The van der Waals surface area contributed by atoms with Gasteiger partial charge in [-0.3, -0.25) is 14.9 Å². The summed E-state index contributed by atoms with van der Waals surface area (Å²) in [4.78, 5) is 22.2. The molecule has 0 aliphatic rings. The van der Waals surface area contributed by atoms with Gasteiger partial charge in [-0.05, 0) is 32.4 Å². The van der Waals surface area contributed by atoms with Gasteiger partial charge in [0.2, 0.25) is 0 Å². The maximum atomic E-state index is 11.9. The van der Waals surface area contributed by atoms with E-state index < -0.39 is 16.4 Å². The van der Waals surface area contributed by atoms with Gasteiger partial charge in [0.25, 0.3) is 11.6 Å². The Morgan fingerprint density at radius 2 is 2.05 bits per heavy atom. The molecule has 0 saturated carbocycles. The highest BCUT2D eigenvalue weighted by Gasteiger charge is 2.21. The fraction of sp³-hybridized carbons (Fsp3) is 0.417. The Morgan fingerprint density at radius 1 is 1.47 bits per heavy atom. The van der Waals surface area contributed by atoms with Crippen LogP contribution in [-0.4, -0.2) is 22.9 Å². The third-order valence-electron chi connectivity index (χ3n) is 2.30. The summed E-state index contributed by atoms with van der Waals surface area (Å²) < 4.78 is 0. The minimum atomic E-state index is -0.568. The van der Waals surface area contributed by atoms with E-state index in [2.05, 4.69) is 5.32 Å². The van der Waals surface area contributed by atoms with Crippen molar-refractivity contribution in [2.45, 2.75) is 26.3 Å². The van der Waals surface area contributed by atoms with Gasteiger partial charge in [0, 0.05) is 18.2 Å². The van der Waals surface area contributed by atoms with E-state index in [0.717, 1.165) is 5.56 Å². The van der Waals surface area contributed by atoms with Crippen molar-refractivity contribution in [3.63, 3.8) is 0 Å². The number of rotatable bonds is 4. The Labute approximate surface area is 117 Å². The van der Waals surface area contributed by atoms with E-state index in [9.17, 15) is 14.9 Å². The lowest BCUT2D eigenvalue weighted by atomic mass is 10.1. The smallest absolute Gasteiger partial charge is 0.282 e. The Bertz CT molecular complexity index is 484. The van der Waals surface area contributed by atoms with Crippen molar-refractivity contribution in [2.24, 2.45) is 5.73 Å². The molecule has 0 fully saturated rings. The Kier molecular flexibility index (Phi) is 5.92. The number of halogens is 1. The zero-order chi connectivity index (χ0) is 13.9. The highest BCUT2D eigenvalue weighted by atomic mass is 35.5. The van der Waals surface area contributed by atoms with Crippen LogP contribution in [0.15, 0.2) is 18.2 Å². The van der Waals surface area contributed by atoms with Crippen molar-refractivity contribution in [3.05, 3.63) is 39.4 Å². The number of nitrogens with one attached hydrogen (secondary N) is 1. The lowest BCUT2D eigenvalue weighted by Crippen LogP contribution is -2.45. The number of amides is 1. The van der Waals surface area contributed by atoms with Crippen molar-refractivity contribution in [1.29, 1.82) is 0 Å². The third kappa shape index (κ3) is 5.23. The molecule has 1 rings (SSSR count). The van der Waals surface area contributed by atoms with E-state index in [-0.39, 0.29) is 30.2 Å². The van der Waals surface area contributed by atoms with Crippen molar-refractivity contribution >= 4 is 24.0 Å². The van der Waals surface area contributed by atoms with Crippen LogP contribution in [0.4, 0.5) is 5.69 Å². The predicted molar refractivity (Wildman–Crippen MR) is 75.7 cm³/mol. The van der Waals surface area contributed by atoms with Crippen LogP contribution in [0.3, 0.4) is 0 Å². The van der Waals surface area contributed by atoms with Crippen LogP contribution in [0.5, 0.6) is 0 Å². The molecule has 1 aromatic rings. The number of nitrogens with zero attached hydrogens (tertiary/aromatic N) is 1. The molecule has 0 aliphatic heterocycles. The molecule has 3 N–H and O–H groups in total. The van der Waals surface area contributed by atoms with Crippen LogP contribution in [0.25, 0.3) is 0 Å². The minimum absolute atomic E-state index is 0. The lowest BCUT2D eigenvalue weighted by molar-refractivity contribution is -0.385. The predicted octanol–water partition coefficient (Wildman–Crippen LogP) is 1.79. The van der Waals surface area contributed by atoms with Crippen molar-refractivity contribution < 1.29 is 9.72 Å². The zero-order valence-electron chi connectivity index (χ0n) is 11.1. The Morgan fingerprint density at radius 3 is 2.53 bits per heavy atom. The van der Waals surface area contributed by atoms with Crippen LogP contribution >= 0.6 is 12.4 Å². The van der Waals surface area contributed by atoms with Gasteiger partial charge >= 0.3 is 0 Å². The molecular weight excluding hydrogens is 270 g/mol. The van der Waals surface area contributed by atoms with Crippen molar-refractivity contribution in [2.75, 3.05) is 6.54 Å². The first kappa shape index (κ1) is 17.3. The summed E-state index contributed by atoms with van der Waals surface area (Å²) in [6.45, 7) is 5.54. The van der Waals surface area contributed by atoms with Crippen LogP contribution in [0.2, 0.25) is 0 Å². The molecular formula is C12H18ClN3O3. The third-order valence-corrected chi connectivity index (χ3v) is 2.30. The summed E-state index contributed by atoms with van der Waals surface area (Å²) in [5.74, 6) is -0.482. The Hall–Kier alpha value is -1.66.